The fraction of sp³-hybridized carbons (Fsp3) is 0.900. The number of hydrogen-bond acceptors (Lipinski definition) is 8. The van der Waals surface area contributed by atoms with Crippen LogP contribution in [0.4, 0.5) is 0 Å². The molecule has 8 heteroatoms. The van der Waals surface area contributed by atoms with Crippen molar-refractivity contribution in [2.24, 2.45) is 34.5 Å². The summed E-state index contributed by atoms with van der Waals surface area (Å²) in [5.74, 6) is 0.686. The molecule has 0 aromatic rings. The molecule has 0 aromatic heterocycles. The van der Waals surface area contributed by atoms with Gasteiger partial charge in [-0.1, -0.05) is 19.4 Å². The summed E-state index contributed by atoms with van der Waals surface area (Å²) >= 11 is 0. The lowest BCUT2D eigenvalue weighted by Crippen LogP contribution is -2.66. The molecule has 0 amide bonds. The van der Waals surface area contributed by atoms with Crippen molar-refractivity contribution in [3.8, 4) is 0 Å². The molecule has 214 valence electrons. The second-order valence-electron chi connectivity index (χ2n) is 14.0. The first-order valence-electron chi connectivity index (χ1n) is 14.9. The molecule has 6 rings (SSSR count). The predicted molar refractivity (Wildman–Crippen MR) is 138 cm³/mol. The summed E-state index contributed by atoms with van der Waals surface area (Å²) in [6, 6.07) is 0. The number of ketones is 1. The standard InChI is InChI=1S/C30H46O8/c1-15-24(33)25(34)26(35)27(37-15)38-19-8-10-28(2)17(13-19)5-7-21-23(28)22(32)14-29(3)20(9-11-30(21,29)36)16-4-6-18(31)12-16/h12,15,17,19-27,32-36H,4-11,13-14H2,1-3H3/t15-,17+,19-,20+,21+,22+,23+,24-,25?,26?,27-,28-,29+,30-/m0/s1. The topological polar surface area (TPSA) is 137 Å². The lowest BCUT2D eigenvalue weighted by Gasteiger charge is -2.65. The minimum Gasteiger partial charge on any atom is -0.393 e. The molecule has 5 N–H and O–H groups in total. The summed E-state index contributed by atoms with van der Waals surface area (Å²) in [5.41, 5.74) is -0.225. The number of fused-ring (bicyclic) bond motifs is 5. The molecular weight excluding hydrogens is 488 g/mol. The van der Waals surface area contributed by atoms with Gasteiger partial charge in [-0.25, -0.2) is 0 Å². The third kappa shape index (κ3) is 3.85. The molecule has 6 aliphatic rings. The summed E-state index contributed by atoms with van der Waals surface area (Å²) in [6.45, 7) is 6.11. The number of hydrogen-bond donors (Lipinski definition) is 5. The lowest BCUT2D eigenvalue weighted by atomic mass is 9.42. The molecule has 2 unspecified atom stereocenters. The van der Waals surface area contributed by atoms with E-state index in [4.69, 9.17) is 9.47 Å². The third-order valence-corrected chi connectivity index (χ3v) is 12.3. The molecule has 5 aliphatic carbocycles. The van der Waals surface area contributed by atoms with Crippen LogP contribution >= 0.6 is 0 Å². The molecule has 38 heavy (non-hydrogen) atoms. The number of carbonyl (C=O) groups is 1. The Morgan fingerprint density at radius 1 is 0.974 bits per heavy atom. The summed E-state index contributed by atoms with van der Waals surface area (Å²) in [4.78, 5) is 12.0. The van der Waals surface area contributed by atoms with E-state index in [0.717, 1.165) is 51.4 Å². The zero-order chi connectivity index (χ0) is 27.2. The lowest BCUT2D eigenvalue weighted by molar-refractivity contribution is -0.311. The van der Waals surface area contributed by atoms with Crippen LogP contribution in [0.15, 0.2) is 11.6 Å². The van der Waals surface area contributed by atoms with Gasteiger partial charge in [-0.15, -0.1) is 0 Å². The molecule has 5 fully saturated rings. The molecule has 1 heterocycles. The van der Waals surface area contributed by atoms with Crippen molar-refractivity contribution in [3.63, 3.8) is 0 Å². The molecule has 8 nitrogen and oxygen atoms in total. The fourth-order valence-electron chi connectivity index (χ4n) is 10.2. The second-order valence-corrected chi connectivity index (χ2v) is 14.0. The van der Waals surface area contributed by atoms with Crippen molar-refractivity contribution < 1.29 is 39.8 Å². The first-order valence-corrected chi connectivity index (χ1v) is 14.9. The molecule has 14 atom stereocenters. The van der Waals surface area contributed by atoms with Gasteiger partial charge in [0.25, 0.3) is 0 Å². The van der Waals surface area contributed by atoms with E-state index in [1.54, 1.807) is 6.92 Å². The van der Waals surface area contributed by atoms with Crippen molar-refractivity contribution in [1.82, 2.24) is 0 Å². The van der Waals surface area contributed by atoms with E-state index in [0.29, 0.717) is 18.8 Å². The van der Waals surface area contributed by atoms with Crippen LogP contribution in [-0.4, -0.2) is 79.8 Å². The van der Waals surface area contributed by atoms with Crippen molar-refractivity contribution in [2.75, 3.05) is 0 Å². The number of aliphatic hydroxyl groups is 5. The molecule has 1 saturated heterocycles. The van der Waals surface area contributed by atoms with E-state index in [1.165, 1.54) is 5.57 Å². The van der Waals surface area contributed by atoms with Crippen LogP contribution in [0.25, 0.3) is 0 Å². The largest absolute Gasteiger partial charge is 0.393 e. The predicted octanol–water partition coefficient (Wildman–Crippen LogP) is 2.23. The number of carbonyl (C=O) groups excluding carboxylic acids is 1. The minimum absolute atomic E-state index is 0.00623. The Bertz CT molecular complexity index is 983. The molecule has 0 aromatic carbocycles. The minimum atomic E-state index is -1.31. The van der Waals surface area contributed by atoms with Gasteiger partial charge < -0.3 is 35.0 Å². The maximum absolute atomic E-state index is 12.4. The van der Waals surface area contributed by atoms with Crippen molar-refractivity contribution >= 4 is 5.78 Å². The average Bonchev–Trinajstić information content (AvgIpc) is 3.41. The Morgan fingerprint density at radius 3 is 2.45 bits per heavy atom. The van der Waals surface area contributed by atoms with Crippen LogP contribution in [0, 0.1) is 34.5 Å². The van der Waals surface area contributed by atoms with Gasteiger partial charge in [-0.3, -0.25) is 4.79 Å². The second kappa shape index (κ2) is 9.33. The summed E-state index contributed by atoms with van der Waals surface area (Å²) < 4.78 is 11.9. The maximum Gasteiger partial charge on any atom is 0.186 e. The molecule has 0 radical (unpaired) electrons. The van der Waals surface area contributed by atoms with E-state index < -0.39 is 47.8 Å². The normalized spacial score (nSPS) is 56.7. The van der Waals surface area contributed by atoms with E-state index in [-0.39, 0.29) is 35.1 Å². The van der Waals surface area contributed by atoms with Crippen LogP contribution in [0.2, 0.25) is 0 Å². The van der Waals surface area contributed by atoms with Crippen molar-refractivity contribution in [3.05, 3.63) is 11.6 Å². The van der Waals surface area contributed by atoms with Gasteiger partial charge in [0, 0.05) is 11.8 Å². The highest BCUT2D eigenvalue weighted by atomic mass is 16.7. The highest BCUT2D eigenvalue weighted by Crippen LogP contribution is 2.70. The quantitative estimate of drug-likeness (QED) is 0.348. The molecule has 1 aliphatic heterocycles. The molecule has 0 spiro atoms. The van der Waals surface area contributed by atoms with Crippen LogP contribution < -0.4 is 0 Å². The Balaban J connectivity index is 1.19. The first kappa shape index (κ1) is 27.3. The average molecular weight is 535 g/mol. The molecule has 0 bridgehead atoms. The van der Waals surface area contributed by atoms with Crippen LogP contribution in [0.3, 0.4) is 0 Å². The molecule has 4 saturated carbocycles. The summed E-state index contributed by atoms with van der Waals surface area (Å²) in [5, 5.41) is 54.8. The van der Waals surface area contributed by atoms with E-state index in [1.807, 2.05) is 6.08 Å². The van der Waals surface area contributed by atoms with Crippen molar-refractivity contribution in [1.29, 1.82) is 0 Å². The number of ether oxygens (including phenoxy) is 2. The van der Waals surface area contributed by atoms with E-state index in [9.17, 15) is 30.3 Å². The smallest absolute Gasteiger partial charge is 0.186 e. The third-order valence-electron chi connectivity index (χ3n) is 12.3. The van der Waals surface area contributed by atoms with Crippen LogP contribution in [0.1, 0.15) is 85.0 Å². The van der Waals surface area contributed by atoms with Gasteiger partial charge in [0.15, 0.2) is 12.1 Å². The van der Waals surface area contributed by atoms with Crippen molar-refractivity contribution in [2.45, 2.75) is 133 Å². The fourth-order valence-corrected chi connectivity index (χ4v) is 10.2. The highest BCUT2D eigenvalue weighted by Gasteiger charge is 2.70. The highest BCUT2D eigenvalue weighted by molar-refractivity contribution is 5.93. The number of rotatable bonds is 3. The number of allylic oxidation sites excluding steroid dienone is 2. The van der Waals surface area contributed by atoms with E-state index in [2.05, 4.69) is 13.8 Å². The Morgan fingerprint density at radius 2 is 1.74 bits per heavy atom. The van der Waals surface area contributed by atoms with Gasteiger partial charge in [0.05, 0.1) is 23.9 Å². The van der Waals surface area contributed by atoms with Gasteiger partial charge in [-0.2, -0.15) is 0 Å². The van der Waals surface area contributed by atoms with Crippen LogP contribution in [-0.2, 0) is 14.3 Å². The number of aliphatic hydroxyl groups excluding tert-OH is 4. The first-order chi connectivity index (χ1) is 17.9. The molecular formula is C30H46O8. The maximum atomic E-state index is 12.4. The summed E-state index contributed by atoms with van der Waals surface area (Å²) in [6.07, 6.45) is 3.46. The van der Waals surface area contributed by atoms with E-state index >= 15 is 0 Å². The Kier molecular flexibility index (Phi) is 6.70. The Hall–Kier alpha value is -0.870. The zero-order valence-electron chi connectivity index (χ0n) is 23.0. The van der Waals surface area contributed by atoms with Gasteiger partial charge in [0.1, 0.15) is 18.3 Å². The monoisotopic (exact) mass is 534 g/mol. The SMILES string of the molecule is C[C@@H]1O[C@@H](O[C@H]2CC[C@@]3(C)[C@H](CC[C@@H]4[C@@H]3[C@H](O)C[C@]3(C)[C@@H](C5=CC(=O)CC5)CC[C@]43O)C2)C(O)C(O)[C@H]1O. The van der Waals surface area contributed by atoms with Gasteiger partial charge in [0.2, 0.25) is 0 Å². The van der Waals surface area contributed by atoms with Gasteiger partial charge >= 0.3 is 0 Å². The Labute approximate surface area is 225 Å². The van der Waals surface area contributed by atoms with Crippen LogP contribution in [0.5, 0.6) is 0 Å². The zero-order valence-corrected chi connectivity index (χ0v) is 23.0. The summed E-state index contributed by atoms with van der Waals surface area (Å²) in [7, 11) is 0. The van der Waals surface area contributed by atoms with Gasteiger partial charge in [-0.05, 0) is 99.9 Å².